The molecule has 1 aliphatic carbocycles. The fraction of sp³-hybridized carbons (Fsp3) is 0.0345. The van der Waals surface area contributed by atoms with Crippen LogP contribution in [0.15, 0.2) is 0 Å². The molecular weight excluding hydrogens is 790 g/mol. The average molecular weight is 790 g/mol. The highest BCUT2D eigenvalue weighted by molar-refractivity contribution is 6.66. The van der Waals surface area contributed by atoms with Crippen molar-refractivity contribution in [2.24, 2.45) is 0 Å². The summed E-state index contributed by atoms with van der Waals surface area (Å²) < 4.78 is 317. The first-order chi connectivity index (χ1) is 24.5. The molecule has 0 saturated carbocycles. The lowest BCUT2D eigenvalue weighted by Crippen LogP contribution is -2.47. The summed E-state index contributed by atoms with van der Waals surface area (Å²) in [6.07, 6.45) is 0. The molecular formula is C29BF21O2. The minimum absolute atomic E-state index is 2.44. The predicted molar refractivity (Wildman–Crippen MR) is 131 cm³/mol. The van der Waals surface area contributed by atoms with Crippen LogP contribution in [0.5, 0.6) is 11.5 Å². The fourth-order valence-electron chi connectivity index (χ4n) is 5.36. The molecule has 1 aliphatic rings. The third kappa shape index (κ3) is 4.81. The van der Waals surface area contributed by atoms with E-state index in [-0.39, 0.29) is 0 Å². The third-order valence-electron chi connectivity index (χ3n) is 7.66. The van der Waals surface area contributed by atoms with Crippen molar-refractivity contribution < 1.29 is 102 Å². The van der Waals surface area contributed by atoms with Crippen LogP contribution in [-0.2, 0) is 5.92 Å². The molecule has 278 valence electrons. The Labute approximate surface area is 275 Å². The van der Waals surface area contributed by atoms with Crippen molar-refractivity contribution in [3.63, 3.8) is 0 Å². The van der Waals surface area contributed by atoms with Gasteiger partial charge < -0.3 is 9.31 Å². The van der Waals surface area contributed by atoms with Gasteiger partial charge in [-0.3, -0.25) is 0 Å². The van der Waals surface area contributed by atoms with E-state index in [9.17, 15) is 65.9 Å². The largest absolute Gasteiger partial charge is 0.636 e. The Morgan fingerprint density at radius 1 is 0.302 bits per heavy atom. The summed E-state index contributed by atoms with van der Waals surface area (Å²) >= 11 is 0. The van der Waals surface area contributed by atoms with Crippen LogP contribution >= 0.6 is 0 Å². The van der Waals surface area contributed by atoms with E-state index in [0.717, 1.165) is 0 Å². The van der Waals surface area contributed by atoms with Crippen LogP contribution in [0.4, 0.5) is 92.2 Å². The molecule has 0 heterocycles. The van der Waals surface area contributed by atoms with Crippen molar-refractivity contribution in [2.45, 2.75) is 5.92 Å². The van der Waals surface area contributed by atoms with Crippen LogP contribution in [0.1, 0.15) is 11.1 Å². The second-order valence-electron chi connectivity index (χ2n) is 10.4. The molecule has 0 fully saturated rings. The van der Waals surface area contributed by atoms with E-state index in [2.05, 4.69) is 9.31 Å². The van der Waals surface area contributed by atoms with Crippen LogP contribution in [0.25, 0.3) is 21.9 Å². The predicted octanol–water partition coefficient (Wildman–Crippen LogP) is 9.46. The van der Waals surface area contributed by atoms with Crippen molar-refractivity contribution in [3.8, 4) is 22.6 Å². The number of halogens is 21. The standard InChI is InChI=1S/C29BF21O2/c31-8-1-2-6(29(50,51)5(1)13(36)20(43)16(8)39)27(24(47)19(42)9(2)32)52-30(53-28-25(48)22(45)21(44)23(46)26(28)49)7-3-4(11(34)15(38)14(7)37)12(35)18(41)17(40)10(3)33. The van der Waals surface area contributed by atoms with Gasteiger partial charge in [-0.2, -0.15) is 22.0 Å². The first kappa shape index (κ1) is 37.3. The Balaban J connectivity index is 1.77. The maximum atomic E-state index is 15.7. The van der Waals surface area contributed by atoms with E-state index in [1.54, 1.807) is 0 Å². The van der Waals surface area contributed by atoms with Crippen LogP contribution in [0.2, 0.25) is 0 Å². The van der Waals surface area contributed by atoms with Crippen LogP contribution in [0.3, 0.4) is 0 Å². The van der Waals surface area contributed by atoms with Crippen molar-refractivity contribution in [3.05, 3.63) is 122 Å². The Morgan fingerprint density at radius 3 is 1.13 bits per heavy atom. The molecule has 0 atom stereocenters. The van der Waals surface area contributed by atoms with Gasteiger partial charge in [0.1, 0.15) is 0 Å². The molecule has 24 heteroatoms. The Kier molecular flexibility index (Phi) is 8.48. The number of rotatable bonds is 5. The van der Waals surface area contributed by atoms with Crippen molar-refractivity contribution in [2.75, 3.05) is 0 Å². The molecule has 5 aromatic carbocycles. The highest BCUT2D eigenvalue weighted by Gasteiger charge is 2.56. The number of hydrogen-bond donors (Lipinski definition) is 0. The summed E-state index contributed by atoms with van der Waals surface area (Å²) in [5, 5.41) is -5.14. The van der Waals surface area contributed by atoms with Crippen LogP contribution in [0, 0.1) is 111 Å². The van der Waals surface area contributed by atoms with E-state index in [1.807, 2.05) is 0 Å². The average Bonchev–Trinajstić information content (AvgIpc) is 3.37. The van der Waals surface area contributed by atoms with Gasteiger partial charge in [-0.05, 0) is 0 Å². The summed E-state index contributed by atoms with van der Waals surface area (Å²) in [5.74, 6) is -70.1. The second-order valence-corrected chi connectivity index (χ2v) is 10.4. The molecule has 0 spiro atoms. The van der Waals surface area contributed by atoms with Gasteiger partial charge in [-0.25, -0.2) is 70.2 Å². The third-order valence-corrected chi connectivity index (χ3v) is 7.66. The fourth-order valence-corrected chi connectivity index (χ4v) is 5.36. The van der Waals surface area contributed by atoms with E-state index in [1.165, 1.54) is 0 Å². The molecule has 0 saturated heterocycles. The van der Waals surface area contributed by atoms with Crippen LogP contribution < -0.4 is 14.8 Å². The molecule has 0 radical (unpaired) electrons. The Bertz CT molecular complexity index is 2460. The quantitative estimate of drug-likeness (QED) is 0.0765. The van der Waals surface area contributed by atoms with Gasteiger partial charge in [-0.1, -0.05) is 0 Å². The van der Waals surface area contributed by atoms with Gasteiger partial charge in [0.2, 0.25) is 34.9 Å². The summed E-state index contributed by atoms with van der Waals surface area (Å²) in [7, 11) is -4.30. The second kappa shape index (κ2) is 12.0. The zero-order chi connectivity index (χ0) is 39.7. The molecule has 0 bridgehead atoms. The number of hydrogen-bond acceptors (Lipinski definition) is 2. The zero-order valence-corrected chi connectivity index (χ0v) is 23.8. The van der Waals surface area contributed by atoms with Crippen molar-refractivity contribution in [1.82, 2.24) is 0 Å². The lowest BCUT2D eigenvalue weighted by molar-refractivity contribution is 0.0404. The highest BCUT2D eigenvalue weighted by atomic mass is 19.3. The molecule has 53 heavy (non-hydrogen) atoms. The van der Waals surface area contributed by atoms with Gasteiger partial charge in [0.15, 0.2) is 87.1 Å². The number of benzene rings is 5. The number of fused-ring (bicyclic) bond motifs is 4. The smallest absolute Gasteiger partial charge is 0.519 e. The first-order valence-electron chi connectivity index (χ1n) is 13.1. The lowest BCUT2D eigenvalue weighted by Gasteiger charge is -2.24. The van der Waals surface area contributed by atoms with Gasteiger partial charge in [0, 0.05) is 16.5 Å². The van der Waals surface area contributed by atoms with E-state index < -0.39 is 174 Å². The minimum atomic E-state index is -5.73. The normalized spacial score (nSPS) is 13.2. The summed E-state index contributed by atoms with van der Waals surface area (Å²) in [6.45, 7) is 0. The molecule has 0 amide bonds. The monoisotopic (exact) mass is 790 g/mol. The van der Waals surface area contributed by atoms with Crippen molar-refractivity contribution in [1.29, 1.82) is 0 Å². The maximum Gasteiger partial charge on any atom is 0.636 e. The van der Waals surface area contributed by atoms with Crippen LogP contribution in [-0.4, -0.2) is 7.12 Å². The summed E-state index contributed by atoms with van der Waals surface area (Å²) in [6, 6.07) is 0. The molecule has 6 rings (SSSR count). The van der Waals surface area contributed by atoms with Gasteiger partial charge in [0.25, 0.3) is 0 Å². The maximum absolute atomic E-state index is 15.7. The minimum Gasteiger partial charge on any atom is -0.519 e. The van der Waals surface area contributed by atoms with E-state index in [4.69, 9.17) is 0 Å². The molecule has 0 N–H and O–H groups in total. The summed E-state index contributed by atoms with van der Waals surface area (Å²) in [5.41, 5.74) is -13.3. The lowest BCUT2D eigenvalue weighted by atomic mass is 9.74. The molecule has 5 aromatic rings. The first-order valence-corrected chi connectivity index (χ1v) is 13.1. The Morgan fingerprint density at radius 2 is 0.623 bits per heavy atom. The zero-order valence-electron chi connectivity index (χ0n) is 23.8. The molecule has 0 aliphatic heterocycles. The molecule has 2 nitrogen and oxygen atoms in total. The van der Waals surface area contributed by atoms with E-state index in [0.29, 0.717) is 0 Å². The molecule has 0 aromatic heterocycles. The van der Waals surface area contributed by atoms with Crippen molar-refractivity contribution >= 4 is 23.4 Å². The molecule has 0 unspecified atom stereocenters. The van der Waals surface area contributed by atoms with E-state index >= 15 is 26.3 Å². The van der Waals surface area contributed by atoms with Gasteiger partial charge >= 0.3 is 13.0 Å². The topological polar surface area (TPSA) is 18.5 Å². The van der Waals surface area contributed by atoms with Gasteiger partial charge in [0.05, 0.1) is 22.0 Å². The summed E-state index contributed by atoms with van der Waals surface area (Å²) in [4.78, 5) is 0. The highest BCUT2D eigenvalue weighted by Crippen LogP contribution is 2.58. The SMILES string of the molecule is Fc1c(F)c(F)c(OB(Oc2c(F)c(F)c(F)c3c2C(F)(F)c2c(F)c(F)c(F)c(F)c2-3)c2c(F)c(F)c(F)c3c(F)c(F)c(F)c(F)c23)c(F)c1F. The Hall–Kier alpha value is -5.45. The number of alkyl halides is 2. The van der Waals surface area contributed by atoms with Gasteiger partial charge in [-0.15, -0.1) is 0 Å².